The SMILES string of the molecule is COc1ccc(C2C3=C(OC4CCC(C)CC4C3=O)C(=O)N2Cc2cccnc2)cc1. The lowest BCUT2D eigenvalue weighted by Gasteiger charge is -2.37. The normalized spacial score (nSPS) is 27.6. The molecule has 0 saturated heterocycles. The minimum absolute atomic E-state index is 0.0701. The molecule has 6 heteroatoms. The number of Topliss-reactive ketones (excluding diaryl/α,β-unsaturated/α-hetero) is 1. The molecule has 2 aromatic rings. The van der Waals surface area contributed by atoms with Crippen LogP contribution in [0.5, 0.6) is 5.75 Å². The monoisotopic (exact) mass is 418 g/mol. The Labute approximate surface area is 181 Å². The smallest absolute Gasteiger partial charge is 0.290 e. The lowest BCUT2D eigenvalue weighted by molar-refractivity contribution is -0.136. The van der Waals surface area contributed by atoms with Crippen LogP contribution in [0.1, 0.15) is 43.4 Å². The quantitative estimate of drug-likeness (QED) is 0.755. The molecule has 0 spiro atoms. The third-order valence-electron chi connectivity index (χ3n) is 6.71. The second kappa shape index (κ2) is 7.84. The zero-order chi connectivity index (χ0) is 21.5. The second-order valence-corrected chi connectivity index (χ2v) is 8.76. The summed E-state index contributed by atoms with van der Waals surface area (Å²) in [4.78, 5) is 33.1. The first-order chi connectivity index (χ1) is 15.1. The lowest BCUT2D eigenvalue weighted by Crippen LogP contribution is -2.41. The predicted octanol–water partition coefficient (Wildman–Crippen LogP) is 3.83. The van der Waals surface area contributed by atoms with E-state index in [1.165, 1.54) is 0 Å². The summed E-state index contributed by atoms with van der Waals surface area (Å²) in [6, 6.07) is 10.9. The first kappa shape index (κ1) is 19.8. The van der Waals surface area contributed by atoms with E-state index in [1.54, 1.807) is 24.4 Å². The van der Waals surface area contributed by atoms with Crippen molar-refractivity contribution in [2.45, 2.75) is 44.9 Å². The molecule has 6 nitrogen and oxygen atoms in total. The molecule has 0 radical (unpaired) electrons. The van der Waals surface area contributed by atoms with E-state index in [0.717, 1.165) is 36.1 Å². The maximum Gasteiger partial charge on any atom is 0.290 e. The summed E-state index contributed by atoms with van der Waals surface area (Å²) in [5.41, 5.74) is 2.30. The maximum atomic E-state index is 13.7. The van der Waals surface area contributed by atoms with Crippen LogP contribution in [0.15, 0.2) is 60.1 Å². The van der Waals surface area contributed by atoms with Gasteiger partial charge in [-0.3, -0.25) is 14.6 Å². The van der Waals surface area contributed by atoms with Gasteiger partial charge in [0.25, 0.3) is 5.91 Å². The second-order valence-electron chi connectivity index (χ2n) is 8.76. The predicted molar refractivity (Wildman–Crippen MR) is 114 cm³/mol. The first-order valence-electron chi connectivity index (χ1n) is 10.9. The highest BCUT2D eigenvalue weighted by Crippen LogP contribution is 2.48. The highest BCUT2D eigenvalue weighted by atomic mass is 16.5. The number of amides is 1. The van der Waals surface area contributed by atoms with Gasteiger partial charge >= 0.3 is 0 Å². The van der Waals surface area contributed by atoms with Crippen molar-refractivity contribution in [1.82, 2.24) is 9.88 Å². The summed E-state index contributed by atoms with van der Waals surface area (Å²) in [5, 5.41) is 0. The number of methoxy groups -OCH3 is 1. The Hall–Kier alpha value is -3.15. The highest BCUT2D eigenvalue weighted by Gasteiger charge is 2.52. The van der Waals surface area contributed by atoms with Crippen molar-refractivity contribution in [3.05, 3.63) is 71.3 Å². The Morgan fingerprint density at radius 3 is 2.68 bits per heavy atom. The molecule has 4 atom stereocenters. The first-order valence-corrected chi connectivity index (χ1v) is 10.9. The average Bonchev–Trinajstić information content (AvgIpc) is 3.07. The number of carbonyl (C=O) groups excluding carboxylic acids is 2. The number of carbonyl (C=O) groups is 2. The molecule has 3 aliphatic rings. The molecule has 3 heterocycles. The van der Waals surface area contributed by atoms with Crippen LogP contribution in [-0.4, -0.2) is 34.8 Å². The van der Waals surface area contributed by atoms with E-state index in [-0.39, 0.29) is 29.5 Å². The molecule has 1 saturated carbocycles. The van der Waals surface area contributed by atoms with E-state index in [9.17, 15) is 9.59 Å². The molecule has 1 fully saturated rings. The molecular weight excluding hydrogens is 392 g/mol. The van der Waals surface area contributed by atoms with Crippen molar-refractivity contribution in [3.63, 3.8) is 0 Å². The van der Waals surface area contributed by atoms with Gasteiger partial charge in [-0.25, -0.2) is 0 Å². The average molecular weight is 418 g/mol. The summed E-state index contributed by atoms with van der Waals surface area (Å²) in [6.45, 7) is 2.54. The fourth-order valence-electron chi connectivity index (χ4n) is 5.11. The molecule has 0 bridgehead atoms. The van der Waals surface area contributed by atoms with Gasteiger partial charge in [-0.15, -0.1) is 0 Å². The van der Waals surface area contributed by atoms with Crippen molar-refractivity contribution in [3.8, 4) is 5.75 Å². The molecule has 4 unspecified atom stereocenters. The van der Waals surface area contributed by atoms with E-state index < -0.39 is 6.04 Å². The molecule has 5 rings (SSSR count). The molecule has 1 aromatic heterocycles. The fraction of sp³-hybridized carbons (Fsp3) is 0.400. The lowest BCUT2D eigenvalue weighted by atomic mass is 9.74. The van der Waals surface area contributed by atoms with Crippen molar-refractivity contribution in [1.29, 1.82) is 0 Å². The van der Waals surface area contributed by atoms with Gasteiger partial charge in [-0.05, 0) is 54.5 Å². The van der Waals surface area contributed by atoms with Gasteiger partial charge in [-0.2, -0.15) is 0 Å². The summed E-state index contributed by atoms with van der Waals surface area (Å²) >= 11 is 0. The van der Waals surface area contributed by atoms with Crippen molar-refractivity contribution in [2.24, 2.45) is 11.8 Å². The minimum atomic E-state index is -0.473. The molecule has 2 aliphatic heterocycles. The van der Waals surface area contributed by atoms with E-state index >= 15 is 0 Å². The molecule has 1 aromatic carbocycles. The van der Waals surface area contributed by atoms with Crippen LogP contribution in [0.25, 0.3) is 0 Å². The van der Waals surface area contributed by atoms with Gasteiger partial charge in [0.2, 0.25) is 0 Å². The number of hydrogen-bond donors (Lipinski definition) is 0. The largest absolute Gasteiger partial charge is 0.497 e. The van der Waals surface area contributed by atoms with E-state index in [1.807, 2.05) is 36.4 Å². The van der Waals surface area contributed by atoms with Crippen LogP contribution in [0.3, 0.4) is 0 Å². The van der Waals surface area contributed by atoms with Crippen LogP contribution in [0.2, 0.25) is 0 Å². The van der Waals surface area contributed by atoms with Gasteiger partial charge in [-0.1, -0.05) is 25.1 Å². The van der Waals surface area contributed by atoms with E-state index in [4.69, 9.17) is 9.47 Å². The van der Waals surface area contributed by atoms with Crippen molar-refractivity contribution in [2.75, 3.05) is 7.11 Å². The molecular formula is C25H26N2O4. The topological polar surface area (TPSA) is 68.7 Å². The number of hydrogen-bond acceptors (Lipinski definition) is 5. The standard InChI is InChI=1S/C25H26N2O4/c1-15-5-10-20-19(12-15)23(28)21-22(17-6-8-18(30-2)9-7-17)27(25(29)24(21)31-20)14-16-4-3-11-26-13-16/h3-4,6-9,11,13,15,19-20,22H,5,10,12,14H2,1-2H3. The van der Waals surface area contributed by atoms with Crippen LogP contribution >= 0.6 is 0 Å². The van der Waals surface area contributed by atoms with Gasteiger partial charge in [0.05, 0.1) is 24.6 Å². The van der Waals surface area contributed by atoms with Gasteiger partial charge in [0.15, 0.2) is 11.5 Å². The van der Waals surface area contributed by atoms with Gasteiger partial charge in [0.1, 0.15) is 11.9 Å². The summed E-state index contributed by atoms with van der Waals surface area (Å²) in [6.07, 6.45) is 5.91. The minimum Gasteiger partial charge on any atom is -0.497 e. The molecule has 1 aliphatic carbocycles. The summed E-state index contributed by atoms with van der Waals surface area (Å²) in [5.74, 6) is 1.14. The third-order valence-corrected chi connectivity index (χ3v) is 6.71. The van der Waals surface area contributed by atoms with Crippen molar-refractivity contribution < 1.29 is 19.1 Å². The number of ketones is 1. The van der Waals surface area contributed by atoms with Crippen molar-refractivity contribution >= 4 is 11.7 Å². The Kier molecular flexibility index (Phi) is 5.00. The Balaban J connectivity index is 1.57. The Bertz CT molecular complexity index is 1030. The van der Waals surface area contributed by atoms with Gasteiger partial charge < -0.3 is 14.4 Å². The number of aromatic nitrogens is 1. The van der Waals surface area contributed by atoms with Crippen LogP contribution in [0.4, 0.5) is 0 Å². The number of rotatable bonds is 4. The van der Waals surface area contributed by atoms with Crippen LogP contribution in [-0.2, 0) is 20.9 Å². The van der Waals surface area contributed by atoms with Crippen LogP contribution in [0, 0.1) is 11.8 Å². The third kappa shape index (κ3) is 3.40. The van der Waals surface area contributed by atoms with E-state index in [2.05, 4.69) is 11.9 Å². The van der Waals surface area contributed by atoms with Crippen LogP contribution < -0.4 is 4.74 Å². The Morgan fingerprint density at radius 2 is 1.97 bits per heavy atom. The maximum absolute atomic E-state index is 13.7. The molecule has 0 N–H and O–H groups in total. The summed E-state index contributed by atoms with van der Waals surface area (Å²) in [7, 11) is 1.62. The zero-order valence-corrected chi connectivity index (χ0v) is 17.8. The number of nitrogens with zero attached hydrogens (tertiary/aromatic N) is 2. The summed E-state index contributed by atoms with van der Waals surface area (Å²) < 4.78 is 11.5. The number of pyridine rings is 1. The number of ether oxygens (including phenoxy) is 2. The highest BCUT2D eigenvalue weighted by molar-refractivity contribution is 6.11. The Morgan fingerprint density at radius 1 is 1.16 bits per heavy atom. The molecule has 1 amide bonds. The fourth-order valence-corrected chi connectivity index (χ4v) is 5.11. The zero-order valence-electron chi connectivity index (χ0n) is 17.8. The molecule has 160 valence electrons. The number of benzene rings is 1. The van der Waals surface area contributed by atoms with E-state index in [0.29, 0.717) is 18.0 Å². The van der Waals surface area contributed by atoms with Gasteiger partial charge in [0, 0.05) is 18.9 Å². The number of fused-ring (bicyclic) bond motifs is 1. The molecule has 31 heavy (non-hydrogen) atoms.